The quantitative estimate of drug-likeness (QED) is 0.523. The molecule has 1 aromatic heterocycles. The Kier molecular flexibility index (Phi) is 6.19. The standard InChI is InChI=1S/C21H20Cl2N2O2/c1-14(15-3-7-17(22)8-4-15)25(2)21(26)12-11-20-24-13-19(27-20)16-5-9-18(23)10-6-16/h3-10,13-14H,11-12H2,1-2H3. The highest BCUT2D eigenvalue weighted by atomic mass is 35.5. The van der Waals surface area contributed by atoms with E-state index in [-0.39, 0.29) is 11.9 Å². The number of hydrogen-bond donors (Lipinski definition) is 0. The summed E-state index contributed by atoms with van der Waals surface area (Å²) in [5.74, 6) is 1.24. The van der Waals surface area contributed by atoms with Crippen molar-refractivity contribution in [2.45, 2.75) is 25.8 Å². The number of aromatic nitrogens is 1. The minimum Gasteiger partial charge on any atom is -0.441 e. The summed E-state index contributed by atoms with van der Waals surface area (Å²) in [6.07, 6.45) is 2.45. The molecular weight excluding hydrogens is 383 g/mol. The fourth-order valence-electron chi connectivity index (χ4n) is 2.74. The molecule has 3 rings (SSSR count). The third-order valence-electron chi connectivity index (χ3n) is 4.56. The van der Waals surface area contributed by atoms with Gasteiger partial charge in [-0.05, 0) is 48.9 Å². The fourth-order valence-corrected chi connectivity index (χ4v) is 3.00. The van der Waals surface area contributed by atoms with E-state index in [1.807, 2.05) is 43.3 Å². The molecule has 0 bridgehead atoms. The lowest BCUT2D eigenvalue weighted by molar-refractivity contribution is -0.131. The van der Waals surface area contributed by atoms with Crippen LogP contribution in [-0.2, 0) is 11.2 Å². The first kappa shape index (κ1) is 19.5. The van der Waals surface area contributed by atoms with E-state index in [9.17, 15) is 4.79 Å². The Labute approximate surface area is 168 Å². The van der Waals surface area contributed by atoms with Crippen LogP contribution in [0, 0.1) is 0 Å². The first-order chi connectivity index (χ1) is 12.9. The molecule has 6 heteroatoms. The molecule has 1 atom stereocenters. The summed E-state index contributed by atoms with van der Waals surface area (Å²) in [5, 5.41) is 1.35. The van der Waals surface area contributed by atoms with Gasteiger partial charge in [0.2, 0.25) is 5.91 Å². The highest BCUT2D eigenvalue weighted by molar-refractivity contribution is 6.30. The SMILES string of the molecule is CC(c1ccc(Cl)cc1)N(C)C(=O)CCc1ncc(-c2ccc(Cl)cc2)o1. The Balaban J connectivity index is 1.58. The van der Waals surface area contributed by atoms with Gasteiger partial charge in [0.25, 0.3) is 0 Å². The first-order valence-electron chi connectivity index (χ1n) is 8.66. The zero-order valence-electron chi connectivity index (χ0n) is 15.2. The highest BCUT2D eigenvalue weighted by Gasteiger charge is 2.18. The van der Waals surface area contributed by atoms with Crippen LogP contribution in [0.5, 0.6) is 0 Å². The molecule has 0 N–H and O–H groups in total. The molecular formula is C21H20Cl2N2O2. The molecule has 2 aromatic carbocycles. The van der Waals surface area contributed by atoms with Crippen LogP contribution in [0.3, 0.4) is 0 Å². The van der Waals surface area contributed by atoms with E-state index in [4.69, 9.17) is 27.6 Å². The summed E-state index contributed by atoms with van der Waals surface area (Å²) >= 11 is 11.8. The Hall–Kier alpha value is -2.30. The summed E-state index contributed by atoms with van der Waals surface area (Å²) in [4.78, 5) is 18.5. The minimum absolute atomic E-state index is 0.0312. The molecule has 1 heterocycles. The van der Waals surface area contributed by atoms with Gasteiger partial charge >= 0.3 is 0 Å². The summed E-state index contributed by atoms with van der Waals surface area (Å²) in [5.41, 5.74) is 1.94. The minimum atomic E-state index is -0.0380. The van der Waals surface area contributed by atoms with Crippen molar-refractivity contribution in [2.75, 3.05) is 7.05 Å². The van der Waals surface area contributed by atoms with Crippen molar-refractivity contribution in [3.8, 4) is 11.3 Å². The first-order valence-corrected chi connectivity index (χ1v) is 9.41. The van der Waals surface area contributed by atoms with Gasteiger partial charge in [0.15, 0.2) is 11.7 Å². The maximum Gasteiger partial charge on any atom is 0.223 e. The van der Waals surface area contributed by atoms with E-state index in [1.165, 1.54) is 0 Å². The van der Waals surface area contributed by atoms with Crippen LogP contribution in [-0.4, -0.2) is 22.8 Å². The number of aryl methyl sites for hydroxylation is 1. The molecule has 4 nitrogen and oxygen atoms in total. The molecule has 27 heavy (non-hydrogen) atoms. The number of carbonyl (C=O) groups excluding carboxylic acids is 1. The molecule has 0 aliphatic carbocycles. The number of oxazole rings is 1. The topological polar surface area (TPSA) is 46.3 Å². The number of benzene rings is 2. The molecule has 0 saturated carbocycles. The lowest BCUT2D eigenvalue weighted by atomic mass is 10.1. The van der Waals surface area contributed by atoms with E-state index in [0.717, 1.165) is 11.1 Å². The number of nitrogens with zero attached hydrogens (tertiary/aromatic N) is 2. The van der Waals surface area contributed by atoms with Crippen molar-refractivity contribution in [1.82, 2.24) is 9.88 Å². The van der Waals surface area contributed by atoms with Crippen LogP contribution in [0.15, 0.2) is 59.1 Å². The number of rotatable bonds is 6. The van der Waals surface area contributed by atoms with Crippen molar-refractivity contribution >= 4 is 29.1 Å². The summed E-state index contributed by atoms with van der Waals surface area (Å²) in [6, 6.07) is 14.8. The Morgan fingerprint density at radius 1 is 1.07 bits per heavy atom. The number of halogens is 2. The van der Waals surface area contributed by atoms with Crippen LogP contribution in [0.4, 0.5) is 0 Å². The monoisotopic (exact) mass is 402 g/mol. The van der Waals surface area contributed by atoms with E-state index in [1.54, 1.807) is 30.3 Å². The number of carbonyl (C=O) groups is 1. The van der Waals surface area contributed by atoms with Crippen molar-refractivity contribution in [1.29, 1.82) is 0 Å². The van der Waals surface area contributed by atoms with Crippen LogP contribution in [0.1, 0.15) is 30.8 Å². The molecule has 0 radical (unpaired) electrons. The lowest BCUT2D eigenvalue weighted by Gasteiger charge is -2.25. The van der Waals surface area contributed by atoms with Crippen LogP contribution >= 0.6 is 23.2 Å². The van der Waals surface area contributed by atoms with Gasteiger partial charge in [-0.1, -0.05) is 35.3 Å². The van der Waals surface area contributed by atoms with Gasteiger partial charge in [-0.15, -0.1) is 0 Å². The second-order valence-electron chi connectivity index (χ2n) is 6.36. The Morgan fingerprint density at radius 3 is 2.30 bits per heavy atom. The lowest BCUT2D eigenvalue weighted by Crippen LogP contribution is -2.29. The smallest absolute Gasteiger partial charge is 0.223 e. The van der Waals surface area contributed by atoms with Crippen molar-refractivity contribution in [3.05, 3.63) is 76.2 Å². The highest BCUT2D eigenvalue weighted by Crippen LogP contribution is 2.24. The van der Waals surface area contributed by atoms with Crippen molar-refractivity contribution in [3.63, 3.8) is 0 Å². The van der Waals surface area contributed by atoms with Gasteiger partial charge in [0.05, 0.1) is 12.2 Å². The molecule has 0 fully saturated rings. The molecule has 1 amide bonds. The van der Waals surface area contributed by atoms with Gasteiger partial charge in [0, 0.05) is 35.5 Å². The second-order valence-corrected chi connectivity index (χ2v) is 7.23. The molecule has 0 aliphatic rings. The summed E-state index contributed by atoms with van der Waals surface area (Å²) in [6.45, 7) is 1.99. The third kappa shape index (κ3) is 4.90. The summed E-state index contributed by atoms with van der Waals surface area (Å²) < 4.78 is 5.76. The van der Waals surface area contributed by atoms with E-state index >= 15 is 0 Å². The van der Waals surface area contributed by atoms with E-state index in [2.05, 4.69) is 4.98 Å². The predicted molar refractivity (Wildman–Crippen MR) is 108 cm³/mol. The second kappa shape index (κ2) is 8.59. The zero-order valence-corrected chi connectivity index (χ0v) is 16.7. The van der Waals surface area contributed by atoms with Crippen LogP contribution < -0.4 is 0 Å². The van der Waals surface area contributed by atoms with Gasteiger partial charge < -0.3 is 9.32 Å². The van der Waals surface area contributed by atoms with Gasteiger partial charge in [-0.25, -0.2) is 4.98 Å². The Morgan fingerprint density at radius 2 is 1.67 bits per heavy atom. The van der Waals surface area contributed by atoms with Crippen LogP contribution in [0.25, 0.3) is 11.3 Å². The fraction of sp³-hybridized carbons (Fsp3) is 0.238. The van der Waals surface area contributed by atoms with E-state index in [0.29, 0.717) is 34.5 Å². The van der Waals surface area contributed by atoms with Gasteiger partial charge in [-0.2, -0.15) is 0 Å². The maximum atomic E-state index is 12.5. The number of amides is 1. The summed E-state index contributed by atoms with van der Waals surface area (Å²) in [7, 11) is 1.80. The van der Waals surface area contributed by atoms with Crippen molar-refractivity contribution < 1.29 is 9.21 Å². The number of hydrogen-bond acceptors (Lipinski definition) is 3. The third-order valence-corrected chi connectivity index (χ3v) is 5.07. The average Bonchev–Trinajstić information content (AvgIpc) is 3.15. The molecule has 0 aliphatic heterocycles. The molecule has 1 unspecified atom stereocenters. The van der Waals surface area contributed by atoms with Gasteiger partial charge in [0.1, 0.15) is 0 Å². The molecule has 3 aromatic rings. The van der Waals surface area contributed by atoms with Gasteiger partial charge in [-0.3, -0.25) is 4.79 Å². The van der Waals surface area contributed by atoms with E-state index < -0.39 is 0 Å². The Bertz CT molecular complexity index is 905. The largest absolute Gasteiger partial charge is 0.441 e. The molecule has 0 saturated heterocycles. The van der Waals surface area contributed by atoms with Crippen molar-refractivity contribution in [2.24, 2.45) is 0 Å². The zero-order chi connectivity index (χ0) is 19.4. The normalized spacial score (nSPS) is 12.0. The predicted octanol–water partition coefficient (Wildman–Crippen LogP) is 5.80. The molecule has 140 valence electrons. The van der Waals surface area contributed by atoms with Crippen LogP contribution in [0.2, 0.25) is 10.0 Å². The maximum absolute atomic E-state index is 12.5. The average molecular weight is 403 g/mol. The molecule has 0 spiro atoms.